The average molecular weight is 394 g/mol. The number of ether oxygens (including phenoxy) is 1. The Kier molecular flexibility index (Phi) is 5.65. The topological polar surface area (TPSA) is 44.8 Å². The number of fused-ring (bicyclic) bond motifs is 3. The number of methoxy groups -OCH3 is 1. The molecule has 3 atom stereocenters. The van der Waals surface area contributed by atoms with Crippen LogP contribution in [0.4, 0.5) is 11.4 Å². The zero-order valence-corrected chi connectivity index (χ0v) is 17.6. The van der Waals surface area contributed by atoms with Crippen molar-refractivity contribution in [1.29, 1.82) is 0 Å². The van der Waals surface area contributed by atoms with E-state index in [1.165, 1.54) is 16.9 Å². The highest BCUT2D eigenvalue weighted by Gasteiger charge is 2.41. The van der Waals surface area contributed by atoms with Gasteiger partial charge in [-0.3, -0.25) is 4.79 Å². The molecule has 5 nitrogen and oxygen atoms in total. The second kappa shape index (κ2) is 8.36. The van der Waals surface area contributed by atoms with Crippen LogP contribution in [0, 0.1) is 5.92 Å². The highest BCUT2D eigenvalue weighted by atomic mass is 16.5. The molecule has 0 saturated carbocycles. The number of anilines is 2. The number of para-hydroxylation sites is 1. The van der Waals surface area contributed by atoms with E-state index in [0.717, 1.165) is 38.2 Å². The molecule has 0 radical (unpaired) electrons. The number of carbonyl (C=O) groups excluding carboxylic acids is 1. The lowest BCUT2D eigenvalue weighted by Gasteiger charge is -2.49. The number of nitrogens with one attached hydrogen (secondary N) is 1. The first-order valence-corrected chi connectivity index (χ1v) is 10.6. The lowest BCUT2D eigenvalue weighted by atomic mass is 9.83. The highest BCUT2D eigenvalue weighted by Crippen LogP contribution is 2.39. The lowest BCUT2D eigenvalue weighted by molar-refractivity contribution is -0.126. The molecule has 154 valence electrons. The van der Waals surface area contributed by atoms with Gasteiger partial charge in [0.25, 0.3) is 0 Å². The summed E-state index contributed by atoms with van der Waals surface area (Å²) in [6.07, 6.45) is 1.71. The first kappa shape index (κ1) is 19.6. The van der Waals surface area contributed by atoms with E-state index in [-0.39, 0.29) is 23.9 Å². The summed E-state index contributed by atoms with van der Waals surface area (Å²) in [7, 11) is 1.71. The first-order valence-electron chi connectivity index (χ1n) is 10.6. The molecule has 1 amide bonds. The van der Waals surface area contributed by atoms with Crippen molar-refractivity contribution in [1.82, 2.24) is 5.32 Å². The number of piperazine rings is 1. The molecule has 1 fully saturated rings. The fraction of sp³-hybridized carbons (Fsp3) is 0.458. The minimum Gasteiger partial charge on any atom is -0.497 e. The molecular weight excluding hydrogens is 362 g/mol. The molecule has 0 aliphatic carbocycles. The number of rotatable bonds is 5. The fourth-order valence-corrected chi connectivity index (χ4v) is 4.53. The third-order valence-electron chi connectivity index (χ3n) is 6.38. The van der Waals surface area contributed by atoms with Gasteiger partial charge in [-0.15, -0.1) is 0 Å². The van der Waals surface area contributed by atoms with Gasteiger partial charge >= 0.3 is 0 Å². The number of amides is 1. The summed E-state index contributed by atoms with van der Waals surface area (Å²) in [5, 5.41) is 3.23. The summed E-state index contributed by atoms with van der Waals surface area (Å²) in [5.74, 6) is 0.984. The molecule has 4 rings (SSSR count). The van der Waals surface area contributed by atoms with E-state index < -0.39 is 0 Å². The predicted molar refractivity (Wildman–Crippen MR) is 118 cm³/mol. The molecule has 29 heavy (non-hydrogen) atoms. The summed E-state index contributed by atoms with van der Waals surface area (Å²) in [4.78, 5) is 18.1. The van der Waals surface area contributed by atoms with Gasteiger partial charge in [-0.2, -0.15) is 0 Å². The van der Waals surface area contributed by atoms with Crippen LogP contribution in [-0.2, 0) is 11.2 Å². The van der Waals surface area contributed by atoms with Crippen molar-refractivity contribution in [3.05, 3.63) is 54.1 Å². The third-order valence-corrected chi connectivity index (χ3v) is 6.38. The molecule has 2 aromatic carbocycles. The molecule has 1 saturated heterocycles. The Morgan fingerprint density at radius 1 is 1.21 bits per heavy atom. The fourth-order valence-electron chi connectivity index (χ4n) is 4.53. The van der Waals surface area contributed by atoms with Crippen LogP contribution in [-0.4, -0.2) is 44.7 Å². The van der Waals surface area contributed by atoms with E-state index in [0.29, 0.717) is 0 Å². The average Bonchev–Trinajstić information content (AvgIpc) is 2.78. The highest BCUT2D eigenvalue weighted by molar-refractivity contribution is 5.82. The summed E-state index contributed by atoms with van der Waals surface area (Å²) in [6.45, 7) is 6.87. The second-order valence-electron chi connectivity index (χ2n) is 8.17. The van der Waals surface area contributed by atoms with Gasteiger partial charge in [-0.1, -0.05) is 31.2 Å². The van der Waals surface area contributed by atoms with Crippen LogP contribution in [0.25, 0.3) is 0 Å². The number of hydrogen-bond acceptors (Lipinski definition) is 4. The minimum atomic E-state index is -0.0589. The van der Waals surface area contributed by atoms with Gasteiger partial charge in [-0.05, 0) is 43.5 Å². The molecule has 2 heterocycles. The van der Waals surface area contributed by atoms with Crippen LogP contribution in [0.5, 0.6) is 5.75 Å². The van der Waals surface area contributed by atoms with Crippen LogP contribution < -0.4 is 19.9 Å². The Balaban J connectivity index is 1.66. The normalized spacial score (nSPS) is 21.8. The summed E-state index contributed by atoms with van der Waals surface area (Å²) >= 11 is 0. The first-order chi connectivity index (χ1) is 14.1. The molecule has 3 unspecified atom stereocenters. The van der Waals surface area contributed by atoms with E-state index in [2.05, 4.69) is 65.4 Å². The number of benzene rings is 2. The van der Waals surface area contributed by atoms with E-state index >= 15 is 0 Å². The number of carbonyl (C=O) groups is 1. The van der Waals surface area contributed by atoms with Crippen LogP contribution in [0.3, 0.4) is 0 Å². The number of hydrogen-bond donors (Lipinski definition) is 1. The van der Waals surface area contributed by atoms with E-state index in [1.807, 2.05) is 12.1 Å². The predicted octanol–water partition coefficient (Wildman–Crippen LogP) is 3.48. The van der Waals surface area contributed by atoms with Gasteiger partial charge in [0.1, 0.15) is 5.75 Å². The van der Waals surface area contributed by atoms with Gasteiger partial charge in [0.2, 0.25) is 5.91 Å². The Labute approximate surface area is 173 Å². The van der Waals surface area contributed by atoms with Gasteiger partial charge < -0.3 is 19.9 Å². The van der Waals surface area contributed by atoms with Crippen LogP contribution >= 0.6 is 0 Å². The van der Waals surface area contributed by atoms with Crippen molar-refractivity contribution in [2.75, 3.05) is 36.5 Å². The Bertz CT molecular complexity index is 854. The van der Waals surface area contributed by atoms with Gasteiger partial charge in [0.05, 0.1) is 19.1 Å². The van der Waals surface area contributed by atoms with Crippen molar-refractivity contribution >= 4 is 17.3 Å². The molecule has 2 aliphatic heterocycles. The standard InChI is InChI=1S/C24H31N3O2/c1-4-17(2)25-24(28)21-14-18-10-11-20(29-3)15-22(18)27-13-12-26(16-23(21)27)19-8-6-5-7-9-19/h5-11,15,17,21,23H,4,12-14,16H2,1-3H3,(H,25,28). The van der Waals surface area contributed by atoms with Crippen LogP contribution in [0.1, 0.15) is 25.8 Å². The molecule has 2 aromatic rings. The Morgan fingerprint density at radius 3 is 2.72 bits per heavy atom. The van der Waals surface area contributed by atoms with E-state index in [9.17, 15) is 4.79 Å². The van der Waals surface area contributed by atoms with Crippen LogP contribution in [0.2, 0.25) is 0 Å². The van der Waals surface area contributed by atoms with E-state index in [4.69, 9.17) is 4.74 Å². The Hall–Kier alpha value is -2.69. The molecule has 5 heteroatoms. The third kappa shape index (κ3) is 3.91. The van der Waals surface area contributed by atoms with Gasteiger partial charge in [0.15, 0.2) is 0 Å². The van der Waals surface area contributed by atoms with Crippen molar-refractivity contribution in [3.8, 4) is 5.75 Å². The smallest absolute Gasteiger partial charge is 0.225 e. The molecule has 0 bridgehead atoms. The maximum absolute atomic E-state index is 13.2. The van der Waals surface area contributed by atoms with Crippen molar-refractivity contribution in [3.63, 3.8) is 0 Å². The monoisotopic (exact) mass is 393 g/mol. The molecule has 1 N–H and O–H groups in total. The molecule has 0 aromatic heterocycles. The molecule has 0 spiro atoms. The van der Waals surface area contributed by atoms with Crippen LogP contribution in [0.15, 0.2) is 48.5 Å². The van der Waals surface area contributed by atoms with Crippen molar-refractivity contribution in [2.45, 2.75) is 38.8 Å². The number of nitrogens with zero attached hydrogens (tertiary/aromatic N) is 2. The van der Waals surface area contributed by atoms with Gasteiger partial charge in [-0.25, -0.2) is 0 Å². The maximum atomic E-state index is 13.2. The largest absolute Gasteiger partial charge is 0.497 e. The lowest BCUT2D eigenvalue weighted by Crippen LogP contribution is -2.61. The maximum Gasteiger partial charge on any atom is 0.225 e. The van der Waals surface area contributed by atoms with Gasteiger partial charge in [0, 0.05) is 43.1 Å². The second-order valence-corrected chi connectivity index (χ2v) is 8.17. The quantitative estimate of drug-likeness (QED) is 0.845. The van der Waals surface area contributed by atoms with Crippen molar-refractivity contribution < 1.29 is 9.53 Å². The van der Waals surface area contributed by atoms with Crippen molar-refractivity contribution in [2.24, 2.45) is 5.92 Å². The zero-order valence-electron chi connectivity index (χ0n) is 17.6. The van der Waals surface area contributed by atoms with E-state index in [1.54, 1.807) is 7.11 Å². The molecular formula is C24H31N3O2. The summed E-state index contributed by atoms with van der Waals surface area (Å²) in [6, 6.07) is 17.1. The summed E-state index contributed by atoms with van der Waals surface area (Å²) in [5.41, 5.74) is 3.68. The SMILES string of the molecule is CCC(C)NC(=O)C1Cc2ccc(OC)cc2N2CCN(c3ccccc3)CC12. The summed E-state index contributed by atoms with van der Waals surface area (Å²) < 4.78 is 5.48. The Morgan fingerprint density at radius 2 is 2.00 bits per heavy atom. The minimum absolute atomic E-state index is 0.0589. The zero-order chi connectivity index (χ0) is 20.4. The molecule has 2 aliphatic rings.